The summed E-state index contributed by atoms with van der Waals surface area (Å²) >= 11 is 0. The van der Waals surface area contributed by atoms with Gasteiger partial charge in [-0.2, -0.15) is 9.98 Å². The van der Waals surface area contributed by atoms with Gasteiger partial charge in [0.25, 0.3) is 0 Å². The van der Waals surface area contributed by atoms with Gasteiger partial charge in [-0.05, 0) is 59.7 Å². The van der Waals surface area contributed by atoms with Crippen LogP contribution in [0.25, 0.3) is 0 Å². The van der Waals surface area contributed by atoms with Gasteiger partial charge >= 0.3 is 0 Å². The molecule has 0 aliphatic carbocycles. The molecule has 0 spiro atoms. The van der Waals surface area contributed by atoms with Crippen LogP contribution in [0.5, 0.6) is 11.5 Å². The summed E-state index contributed by atoms with van der Waals surface area (Å²) < 4.78 is 0. The normalized spacial score (nSPS) is 12.8. The first-order valence-corrected chi connectivity index (χ1v) is 12.9. The predicted molar refractivity (Wildman–Crippen MR) is 163 cm³/mol. The van der Waals surface area contributed by atoms with Gasteiger partial charge < -0.3 is 42.9 Å². The lowest BCUT2D eigenvalue weighted by Gasteiger charge is -2.24. The Hall–Kier alpha value is -5.34. The Balaban J connectivity index is 1.68. The van der Waals surface area contributed by atoms with Gasteiger partial charge in [0, 0.05) is 39.3 Å². The summed E-state index contributed by atoms with van der Waals surface area (Å²) in [5.41, 5.74) is 46.0. The highest BCUT2D eigenvalue weighted by Crippen LogP contribution is 2.18. The van der Waals surface area contributed by atoms with Gasteiger partial charge in [0.2, 0.25) is 11.9 Å². The van der Waals surface area contributed by atoms with Gasteiger partial charge in [-0.25, -0.2) is 9.98 Å². The van der Waals surface area contributed by atoms with Crippen LogP contribution in [0.1, 0.15) is 11.1 Å². The van der Waals surface area contributed by atoms with Crippen LogP contribution in [-0.2, 0) is 13.1 Å². The lowest BCUT2D eigenvalue weighted by molar-refractivity contribution is 0.413. The molecule has 0 amide bonds. The molecule has 3 rings (SSSR count). The first-order chi connectivity index (χ1) is 20.2. The number of guanidine groups is 4. The predicted octanol–water partition coefficient (Wildman–Crippen LogP) is 0.761. The smallest absolute Gasteiger partial charge is 0.223 e. The zero-order valence-corrected chi connectivity index (χ0v) is 23.0. The van der Waals surface area contributed by atoms with Crippen LogP contribution in [0.3, 0.4) is 0 Å². The Morgan fingerprint density at radius 1 is 0.571 bits per heavy atom. The summed E-state index contributed by atoms with van der Waals surface area (Å²) in [5.74, 6) is 0.224. The van der Waals surface area contributed by atoms with Crippen LogP contribution < -0.4 is 34.4 Å². The molecule has 0 heterocycles. The van der Waals surface area contributed by atoms with E-state index in [1.165, 1.54) is 24.3 Å². The van der Waals surface area contributed by atoms with E-state index in [0.717, 1.165) is 11.1 Å². The topological polar surface area (TPSA) is 245 Å². The molecule has 14 heteroatoms. The average Bonchev–Trinajstić information content (AvgIpc) is 2.96. The number of nitrogens with zero attached hydrogens (tertiary/aromatic N) is 8. The third kappa shape index (κ3) is 10.0. The summed E-state index contributed by atoms with van der Waals surface area (Å²) in [7, 11) is 0. The Morgan fingerprint density at radius 3 is 1.21 bits per heavy atom. The van der Waals surface area contributed by atoms with Gasteiger partial charge in [0.15, 0.2) is 11.9 Å². The van der Waals surface area contributed by atoms with Crippen LogP contribution in [0.4, 0.5) is 11.4 Å². The van der Waals surface area contributed by atoms with E-state index in [2.05, 4.69) is 20.0 Å². The van der Waals surface area contributed by atoms with Crippen molar-refractivity contribution in [1.29, 1.82) is 0 Å². The minimum Gasteiger partial charge on any atom is -0.508 e. The highest BCUT2D eigenvalue weighted by atomic mass is 16.3. The van der Waals surface area contributed by atoms with E-state index in [1.54, 1.807) is 34.1 Å². The standard InChI is InChI=1S/C28H34N12O2/c29-13-15-39(27(33)37-25(31)35-21-5-9-23(41)10-6-21)17-19-1-2-20(4-3-19)18-40(16-14-30)28(34)38-26(32)36-22-7-11-24(42)12-8-22/h1-12,41-42H,13-18H2,(H4,31,33,35,37)(H4,32,34,36,38). The van der Waals surface area contributed by atoms with E-state index in [1.807, 2.05) is 24.3 Å². The van der Waals surface area contributed by atoms with E-state index >= 15 is 0 Å². The number of nitrogens with two attached hydrogens (primary N) is 4. The van der Waals surface area contributed by atoms with Gasteiger partial charge in [0.1, 0.15) is 11.5 Å². The number of phenolic OH excluding ortho intramolecular Hbond substituents is 2. The van der Waals surface area contributed by atoms with Crippen molar-refractivity contribution in [1.82, 2.24) is 21.3 Å². The van der Waals surface area contributed by atoms with Crippen LogP contribution >= 0.6 is 0 Å². The minimum absolute atomic E-state index is 0.0755. The molecular weight excluding hydrogens is 536 g/mol. The van der Waals surface area contributed by atoms with Crippen LogP contribution in [0.15, 0.2) is 92.8 Å². The molecule has 0 aliphatic heterocycles. The Labute approximate surface area is 244 Å². The maximum Gasteiger partial charge on any atom is 0.223 e. The summed E-state index contributed by atoms with van der Waals surface area (Å²) in [5, 5.41) is 18.8. The molecule has 218 valence electrons. The highest BCUT2D eigenvalue weighted by molar-refractivity contribution is 5.95. The van der Waals surface area contributed by atoms with Crippen molar-refractivity contribution in [3.05, 3.63) is 83.9 Å². The molecule has 0 aromatic heterocycles. The molecule has 4 radical (unpaired) electrons. The molecule has 3 aromatic rings. The second-order valence-corrected chi connectivity index (χ2v) is 9.02. The lowest BCUT2D eigenvalue weighted by Crippen LogP contribution is -2.40. The second-order valence-electron chi connectivity index (χ2n) is 9.02. The third-order valence-corrected chi connectivity index (χ3v) is 5.80. The number of rotatable bonds is 10. The largest absolute Gasteiger partial charge is 0.508 e. The van der Waals surface area contributed by atoms with Gasteiger partial charge in [-0.15, -0.1) is 11.5 Å². The number of aromatic hydroxyl groups is 2. The maximum absolute atomic E-state index is 9.55. The zero-order valence-electron chi connectivity index (χ0n) is 23.0. The van der Waals surface area contributed by atoms with Crippen molar-refractivity contribution in [3.8, 4) is 11.5 Å². The molecular formula is C28H34N12O2. The van der Waals surface area contributed by atoms with Crippen LogP contribution in [-0.4, -0.2) is 70.0 Å². The van der Waals surface area contributed by atoms with E-state index < -0.39 is 0 Å². The average molecular weight is 571 g/mol. The maximum atomic E-state index is 9.55. The first-order valence-electron chi connectivity index (χ1n) is 12.9. The SMILES string of the molecule is [N]CCN(Cc1ccc(CN(CC[N])/C(N)=N/C(N)=Nc2ccc(O)cc2)cc1)/C(N)=N/C(N)=Nc1ccc(O)cc1. The van der Waals surface area contributed by atoms with E-state index in [-0.39, 0.29) is 61.5 Å². The molecule has 3 aromatic carbocycles. The second kappa shape index (κ2) is 15.4. The molecule has 0 saturated carbocycles. The molecule has 42 heavy (non-hydrogen) atoms. The molecule has 14 nitrogen and oxygen atoms in total. The number of phenols is 2. The third-order valence-electron chi connectivity index (χ3n) is 5.80. The fraction of sp³-hybridized carbons (Fsp3) is 0.214. The van der Waals surface area contributed by atoms with Crippen molar-refractivity contribution in [2.45, 2.75) is 13.1 Å². The summed E-state index contributed by atoms with van der Waals surface area (Å²) in [6.07, 6.45) is 0. The van der Waals surface area contributed by atoms with Crippen LogP contribution in [0, 0.1) is 0 Å². The fourth-order valence-electron chi connectivity index (χ4n) is 3.73. The van der Waals surface area contributed by atoms with Gasteiger partial charge in [-0.3, -0.25) is 0 Å². The lowest BCUT2D eigenvalue weighted by atomic mass is 10.1. The molecule has 0 bridgehead atoms. The zero-order chi connectivity index (χ0) is 30.5. The molecule has 0 aliphatic rings. The Bertz CT molecular complexity index is 1290. The minimum atomic E-state index is -0.156. The van der Waals surface area contributed by atoms with Crippen molar-refractivity contribution < 1.29 is 10.2 Å². The van der Waals surface area contributed by atoms with Crippen LogP contribution in [0.2, 0.25) is 0 Å². The summed E-state index contributed by atoms with van der Waals surface area (Å²) in [4.78, 5) is 19.9. The summed E-state index contributed by atoms with van der Waals surface area (Å²) in [6, 6.07) is 19.8. The molecule has 10 N–H and O–H groups in total. The van der Waals surface area contributed by atoms with E-state index in [0.29, 0.717) is 24.5 Å². The Kier molecular flexibility index (Phi) is 11.5. The summed E-state index contributed by atoms with van der Waals surface area (Å²) in [6.45, 7) is 0.810. The van der Waals surface area contributed by atoms with Crippen molar-refractivity contribution >= 4 is 35.2 Å². The van der Waals surface area contributed by atoms with Gasteiger partial charge in [-0.1, -0.05) is 24.3 Å². The monoisotopic (exact) mass is 570 g/mol. The van der Waals surface area contributed by atoms with E-state index in [9.17, 15) is 21.7 Å². The molecule has 0 unspecified atom stereocenters. The number of benzene rings is 3. The number of hydrogen-bond acceptors (Lipinski definition) is 4. The Morgan fingerprint density at radius 2 is 0.905 bits per heavy atom. The van der Waals surface area contributed by atoms with Crippen molar-refractivity contribution in [2.24, 2.45) is 42.9 Å². The van der Waals surface area contributed by atoms with Crippen molar-refractivity contribution in [3.63, 3.8) is 0 Å². The molecule has 0 fully saturated rings. The quantitative estimate of drug-likeness (QED) is 0.150. The number of aliphatic imine (C=N–C) groups is 4. The first kappa shape index (κ1) is 31.2. The number of hydrogen-bond donors (Lipinski definition) is 6. The molecule has 0 saturated heterocycles. The van der Waals surface area contributed by atoms with Crippen molar-refractivity contribution in [2.75, 3.05) is 26.2 Å². The fourth-order valence-corrected chi connectivity index (χ4v) is 3.73. The van der Waals surface area contributed by atoms with Gasteiger partial charge in [0.05, 0.1) is 11.4 Å². The molecule has 0 atom stereocenters. The van der Waals surface area contributed by atoms with E-state index in [4.69, 9.17) is 22.9 Å². The highest BCUT2D eigenvalue weighted by Gasteiger charge is 2.12.